The van der Waals surface area contributed by atoms with Crippen LogP contribution in [0, 0.1) is 6.92 Å². The predicted molar refractivity (Wildman–Crippen MR) is 64.4 cm³/mol. The van der Waals surface area contributed by atoms with Crippen LogP contribution < -0.4 is 5.32 Å². The Hall–Kier alpha value is -2.03. The van der Waals surface area contributed by atoms with Crippen molar-refractivity contribution in [3.63, 3.8) is 0 Å². The summed E-state index contributed by atoms with van der Waals surface area (Å²) in [5, 5.41) is 12.8. The van der Waals surface area contributed by atoms with Crippen molar-refractivity contribution in [1.82, 2.24) is 4.98 Å². The molecular formula is C13H14N2O. The van der Waals surface area contributed by atoms with Crippen LogP contribution in [-0.4, -0.2) is 10.1 Å². The molecule has 1 aromatic heterocycles. The normalized spacial score (nSPS) is 10.1. The Morgan fingerprint density at radius 2 is 1.94 bits per heavy atom. The van der Waals surface area contributed by atoms with Crippen LogP contribution in [0.5, 0.6) is 5.75 Å². The fraction of sp³-hybridized carbons (Fsp3) is 0.154. The Labute approximate surface area is 94.8 Å². The lowest BCUT2D eigenvalue weighted by Crippen LogP contribution is -1.99. The van der Waals surface area contributed by atoms with Crippen molar-refractivity contribution in [3.8, 4) is 5.75 Å². The number of aryl methyl sites for hydroxylation is 1. The molecule has 0 saturated heterocycles. The Morgan fingerprint density at radius 1 is 1.19 bits per heavy atom. The minimum Gasteiger partial charge on any atom is -0.506 e. The standard InChI is InChI=1S/C13H14N2O/c1-10-2-3-13(16)12(8-10)15-9-11-4-6-14-7-5-11/h2-8,15-16H,9H2,1H3. The highest BCUT2D eigenvalue weighted by molar-refractivity contribution is 5.57. The fourth-order valence-electron chi connectivity index (χ4n) is 1.49. The summed E-state index contributed by atoms with van der Waals surface area (Å²) in [5.41, 5.74) is 3.02. The van der Waals surface area contributed by atoms with E-state index in [0.29, 0.717) is 6.54 Å². The van der Waals surface area contributed by atoms with Gasteiger partial charge in [0.2, 0.25) is 0 Å². The summed E-state index contributed by atoms with van der Waals surface area (Å²) in [6, 6.07) is 9.40. The van der Waals surface area contributed by atoms with Gasteiger partial charge in [0.15, 0.2) is 0 Å². The Kier molecular flexibility index (Phi) is 3.05. The minimum absolute atomic E-state index is 0.277. The lowest BCUT2D eigenvalue weighted by molar-refractivity contribution is 0.477. The SMILES string of the molecule is Cc1ccc(O)c(NCc2ccncc2)c1. The first kappa shape index (κ1) is 10.5. The molecular weight excluding hydrogens is 200 g/mol. The van der Waals surface area contributed by atoms with Crippen molar-refractivity contribution in [2.24, 2.45) is 0 Å². The molecule has 0 atom stereocenters. The molecule has 3 heteroatoms. The molecule has 0 unspecified atom stereocenters. The minimum atomic E-state index is 0.277. The van der Waals surface area contributed by atoms with Crippen molar-refractivity contribution < 1.29 is 5.11 Å². The Morgan fingerprint density at radius 3 is 2.69 bits per heavy atom. The van der Waals surface area contributed by atoms with E-state index in [1.807, 2.05) is 31.2 Å². The first-order valence-corrected chi connectivity index (χ1v) is 5.18. The van der Waals surface area contributed by atoms with Crippen molar-refractivity contribution in [1.29, 1.82) is 0 Å². The van der Waals surface area contributed by atoms with Crippen molar-refractivity contribution in [2.75, 3.05) is 5.32 Å². The van der Waals surface area contributed by atoms with Gasteiger partial charge in [-0.25, -0.2) is 0 Å². The highest BCUT2D eigenvalue weighted by atomic mass is 16.3. The molecule has 2 aromatic rings. The van der Waals surface area contributed by atoms with Crippen LogP contribution in [0.1, 0.15) is 11.1 Å². The summed E-state index contributed by atoms with van der Waals surface area (Å²) in [4.78, 5) is 3.95. The third kappa shape index (κ3) is 2.51. The van der Waals surface area contributed by atoms with E-state index in [2.05, 4.69) is 10.3 Å². The second-order valence-electron chi connectivity index (χ2n) is 3.73. The third-order valence-corrected chi connectivity index (χ3v) is 2.38. The number of nitrogens with zero attached hydrogens (tertiary/aromatic N) is 1. The van der Waals surface area contributed by atoms with E-state index in [4.69, 9.17) is 0 Å². The van der Waals surface area contributed by atoms with Gasteiger partial charge in [-0.15, -0.1) is 0 Å². The summed E-state index contributed by atoms with van der Waals surface area (Å²) in [7, 11) is 0. The van der Waals surface area contributed by atoms with Crippen LogP contribution in [0.2, 0.25) is 0 Å². The third-order valence-electron chi connectivity index (χ3n) is 2.38. The van der Waals surface area contributed by atoms with Crippen LogP contribution >= 0.6 is 0 Å². The molecule has 16 heavy (non-hydrogen) atoms. The molecule has 0 saturated carbocycles. The number of hydrogen-bond donors (Lipinski definition) is 2. The number of pyridine rings is 1. The summed E-state index contributed by atoms with van der Waals surface area (Å²) in [6.07, 6.45) is 3.51. The number of phenolic OH excluding ortho intramolecular Hbond substituents is 1. The maximum absolute atomic E-state index is 9.64. The monoisotopic (exact) mass is 214 g/mol. The van der Waals surface area contributed by atoms with E-state index in [1.165, 1.54) is 0 Å². The molecule has 2 N–H and O–H groups in total. The smallest absolute Gasteiger partial charge is 0.138 e. The fourth-order valence-corrected chi connectivity index (χ4v) is 1.49. The van der Waals surface area contributed by atoms with Gasteiger partial charge in [0.1, 0.15) is 5.75 Å². The predicted octanol–water partition coefficient (Wildman–Crippen LogP) is 2.71. The molecule has 0 aliphatic rings. The van der Waals surface area contributed by atoms with E-state index >= 15 is 0 Å². The van der Waals surface area contributed by atoms with Crippen LogP contribution in [-0.2, 0) is 6.54 Å². The van der Waals surface area contributed by atoms with Gasteiger partial charge >= 0.3 is 0 Å². The van der Waals surface area contributed by atoms with E-state index in [0.717, 1.165) is 16.8 Å². The number of aromatic hydroxyl groups is 1. The number of aromatic nitrogens is 1. The Balaban J connectivity index is 2.08. The number of benzene rings is 1. The molecule has 1 aromatic carbocycles. The van der Waals surface area contributed by atoms with Crippen molar-refractivity contribution in [2.45, 2.75) is 13.5 Å². The van der Waals surface area contributed by atoms with Crippen LogP contribution in [0.4, 0.5) is 5.69 Å². The highest BCUT2D eigenvalue weighted by Crippen LogP contribution is 2.24. The zero-order valence-electron chi connectivity index (χ0n) is 9.14. The average molecular weight is 214 g/mol. The van der Waals surface area contributed by atoms with E-state index in [1.54, 1.807) is 18.5 Å². The first-order chi connectivity index (χ1) is 7.75. The van der Waals surface area contributed by atoms with Gasteiger partial charge in [-0.1, -0.05) is 6.07 Å². The summed E-state index contributed by atoms with van der Waals surface area (Å²) in [5.74, 6) is 0.277. The summed E-state index contributed by atoms with van der Waals surface area (Å²) < 4.78 is 0. The second-order valence-corrected chi connectivity index (χ2v) is 3.73. The second kappa shape index (κ2) is 4.66. The Bertz CT molecular complexity index is 469. The maximum Gasteiger partial charge on any atom is 0.138 e. The average Bonchev–Trinajstić information content (AvgIpc) is 2.32. The number of phenols is 1. The summed E-state index contributed by atoms with van der Waals surface area (Å²) >= 11 is 0. The molecule has 0 amide bonds. The molecule has 0 bridgehead atoms. The number of anilines is 1. The molecule has 0 fully saturated rings. The van der Waals surface area contributed by atoms with E-state index < -0.39 is 0 Å². The maximum atomic E-state index is 9.64. The van der Waals surface area contributed by atoms with E-state index in [-0.39, 0.29) is 5.75 Å². The van der Waals surface area contributed by atoms with Gasteiger partial charge in [-0.3, -0.25) is 4.98 Å². The van der Waals surface area contributed by atoms with Gasteiger partial charge < -0.3 is 10.4 Å². The molecule has 0 aliphatic heterocycles. The zero-order valence-corrected chi connectivity index (χ0v) is 9.14. The van der Waals surface area contributed by atoms with Gasteiger partial charge in [0, 0.05) is 18.9 Å². The van der Waals surface area contributed by atoms with E-state index in [9.17, 15) is 5.11 Å². The quantitative estimate of drug-likeness (QED) is 0.772. The van der Waals surface area contributed by atoms with Gasteiger partial charge in [0.05, 0.1) is 5.69 Å². The van der Waals surface area contributed by atoms with Crippen molar-refractivity contribution in [3.05, 3.63) is 53.9 Å². The lowest BCUT2D eigenvalue weighted by atomic mass is 10.2. The molecule has 2 rings (SSSR count). The van der Waals surface area contributed by atoms with Crippen LogP contribution in [0.25, 0.3) is 0 Å². The molecule has 0 radical (unpaired) electrons. The highest BCUT2D eigenvalue weighted by Gasteiger charge is 2.00. The van der Waals surface area contributed by atoms with Crippen molar-refractivity contribution >= 4 is 5.69 Å². The summed E-state index contributed by atoms with van der Waals surface area (Å²) in [6.45, 7) is 2.68. The molecule has 82 valence electrons. The largest absolute Gasteiger partial charge is 0.506 e. The van der Waals surface area contributed by atoms with Gasteiger partial charge in [0.25, 0.3) is 0 Å². The molecule has 1 heterocycles. The lowest BCUT2D eigenvalue weighted by Gasteiger charge is -2.09. The van der Waals surface area contributed by atoms with Crippen LogP contribution in [0.15, 0.2) is 42.7 Å². The van der Waals surface area contributed by atoms with Crippen LogP contribution in [0.3, 0.4) is 0 Å². The van der Waals surface area contributed by atoms with Gasteiger partial charge in [-0.2, -0.15) is 0 Å². The molecule has 0 spiro atoms. The number of hydrogen-bond acceptors (Lipinski definition) is 3. The number of nitrogens with one attached hydrogen (secondary N) is 1. The molecule has 3 nitrogen and oxygen atoms in total. The zero-order chi connectivity index (χ0) is 11.4. The molecule has 0 aliphatic carbocycles. The van der Waals surface area contributed by atoms with Gasteiger partial charge in [-0.05, 0) is 42.3 Å². The number of rotatable bonds is 3. The first-order valence-electron chi connectivity index (χ1n) is 5.18. The topological polar surface area (TPSA) is 45.1 Å².